The summed E-state index contributed by atoms with van der Waals surface area (Å²) in [4.78, 5) is 20.0. The van der Waals surface area contributed by atoms with Crippen molar-refractivity contribution in [1.29, 1.82) is 0 Å². The van der Waals surface area contributed by atoms with E-state index in [9.17, 15) is 4.79 Å². The van der Waals surface area contributed by atoms with E-state index in [-0.39, 0.29) is 17.5 Å². The van der Waals surface area contributed by atoms with Gasteiger partial charge in [0, 0.05) is 19.6 Å². The minimum absolute atomic E-state index is 0.150. The third-order valence-corrected chi connectivity index (χ3v) is 2.22. The van der Waals surface area contributed by atoms with Crippen LogP contribution in [0.25, 0.3) is 0 Å². The number of nitrogens with one attached hydrogen (secondary N) is 2. The van der Waals surface area contributed by atoms with E-state index in [4.69, 9.17) is 5.73 Å². The van der Waals surface area contributed by atoms with E-state index < -0.39 is 0 Å². The maximum atomic E-state index is 11.5. The quantitative estimate of drug-likeness (QED) is 0.524. The number of hydrogen-bond acceptors (Lipinski definition) is 5. The van der Waals surface area contributed by atoms with E-state index in [2.05, 4.69) is 15.3 Å². The molecule has 0 radical (unpaired) electrons. The van der Waals surface area contributed by atoms with Crippen LogP contribution in [0.15, 0.2) is 4.79 Å². The van der Waals surface area contributed by atoms with Gasteiger partial charge in [0.15, 0.2) is 5.82 Å². The normalized spacial score (nSPS) is 20.1. The van der Waals surface area contributed by atoms with Crippen molar-refractivity contribution in [3.63, 3.8) is 0 Å². The summed E-state index contributed by atoms with van der Waals surface area (Å²) in [5.41, 5.74) is 5.74. The van der Waals surface area contributed by atoms with E-state index in [1.165, 1.54) is 0 Å². The molecular formula is C8H13N5O. The van der Waals surface area contributed by atoms with Gasteiger partial charge < -0.3 is 16.0 Å². The second kappa shape index (κ2) is 2.90. The van der Waals surface area contributed by atoms with Crippen molar-refractivity contribution in [2.24, 2.45) is 0 Å². The molecule has 0 spiro atoms. The Hall–Kier alpha value is -1.72. The maximum Gasteiger partial charge on any atom is 0.277 e. The lowest BCUT2D eigenvalue weighted by atomic mass is 10.2. The van der Waals surface area contributed by atoms with Gasteiger partial charge in [-0.25, -0.2) is 0 Å². The van der Waals surface area contributed by atoms with Gasteiger partial charge in [0.2, 0.25) is 5.95 Å². The number of anilines is 3. The fourth-order valence-corrected chi connectivity index (χ4v) is 1.67. The average molecular weight is 195 g/mol. The standard InChI is InChI=1S/C8H13N5O/c1-4-3-13(2)6-5(10-4)7(14)12-8(9)11-6/h4,10H,3H2,1-2H3,(H3,9,11,12,14). The van der Waals surface area contributed by atoms with Crippen LogP contribution in [0.5, 0.6) is 0 Å². The van der Waals surface area contributed by atoms with Crippen molar-refractivity contribution in [3.8, 4) is 0 Å². The van der Waals surface area contributed by atoms with Crippen molar-refractivity contribution in [1.82, 2.24) is 9.97 Å². The topological polar surface area (TPSA) is 87.0 Å². The van der Waals surface area contributed by atoms with E-state index in [1.54, 1.807) is 0 Å². The fraction of sp³-hybridized carbons (Fsp3) is 0.500. The van der Waals surface area contributed by atoms with Crippen LogP contribution in [0, 0.1) is 0 Å². The highest BCUT2D eigenvalue weighted by Crippen LogP contribution is 2.23. The smallest absolute Gasteiger partial charge is 0.277 e. The Morgan fingerprint density at radius 3 is 3.07 bits per heavy atom. The first-order valence-electron chi connectivity index (χ1n) is 4.45. The first-order valence-corrected chi connectivity index (χ1v) is 4.45. The number of aromatic amines is 1. The molecule has 6 nitrogen and oxygen atoms in total. The zero-order valence-electron chi connectivity index (χ0n) is 8.16. The van der Waals surface area contributed by atoms with E-state index in [1.807, 2.05) is 18.9 Å². The first kappa shape index (κ1) is 8.86. The molecule has 0 aliphatic carbocycles. The number of hydrogen-bond donors (Lipinski definition) is 3. The van der Waals surface area contributed by atoms with Crippen LogP contribution >= 0.6 is 0 Å². The molecule has 2 heterocycles. The Balaban J connectivity index is 2.59. The van der Waals surface area contributed by atoms with Crippen molar-refractivity contribution in [2.45, 2.75) is 13.0 Å². The van der Waals surface area contributed by atoms with Gasteiger partial charge in [0.25, 0.3) is 5.56 Å². The number of likely N-dealkylation sites (N-methyl/N-ethyl adjacent to an activating group) is 1. The molecule has 2 rings (SSSR count). The summed E-state index contributed by atoms with van der Waals surface area (Å²) in [6.07, 6.45) is 0. The highest BCUT2D eigenvalue weighted by molar-refractivity contribution is 5.68. The number of fused-ring (bicyclic) bond motifs is 1. The maximum absolute atomic E-state index is 11.5. The van der Waals surface area contributed by atoms with Crippen LogP contribution in [-0.2, 0) is 0 Å². The van der Waals surface area contributed by atoms with Crippen LogP contribution in [0.3, 0.4) is 0 Å². The lowest BCUT2D eigenvalue weighted by Gasteiger charge is -2.31. The van der Waals surface area contributed by atoms with E-state index in [0.717, 1.165) is 6.54 Å². The van der Waals surface area contributed by atoms with Crippen LogP contribution in [0.2, 0.25) is 0 Å². The predicted octanol–water partition coefficient (Wildman–Crippen LogP) is -0.398. The van der Waals surface area contributed by atoms with Gasteiger partial charge in [-0.3, -0.25) is 9.78 Å². The largest absolute Gasteiger partial charge is 0.373 e. The fourth-order valence-electron chi connectivity index (χ4n) is 1.67. The molecule has 1 unspecified atom stereocenters. The van der Waals surface area contributed by atoms with Gasteiger partial charge >= 0.3 is 0 Å². The molecule has 1 atom stereocenters. The molecular weight excluding hydrogens is 182 g/mol. The van der Waals surface area contributed by atoms with Gasteiger partial charge in [-0.05, 0) is 6.92 Å². The minimum Gasteiger partial charge on any atom is -0.373 e. The molecule has 1 aliphatic rings. The number of nitrogens with zero attached hydrogens (tertiary/aromatic N) is 2. The average Bonchev–Trinajstić information content (AvgIpc) is 2.07. The molecule has 1 aromatic heterocycles. The Morgan fingerprint density at radius 1 is 1.64 bits per heavy atom. The molecule has 0 saturated carbocycles. The number of aromatic nitrogens is 2. The number of rotatable bonds is 0. The molecule has 14 heavy (non-hydrogen) atoms. The summed E-state index contributed by atoms with van der Waals surface area (Å²) in [6.45, 7) is 2.82. The predicted molar refractivity (Wildman–Crippen MR) is 55.6 cm³/mol. The zero-order valence-corrected chi connectivity index (χ0v) is 8.16. The lowest BCUT2D eigenvalue weighted by molar-refractivity contribution is 0.723. The Kier molecular flexibility index (Phi) is 1.83. The van der Waals surface area contributed by atoms with Crippen molar-refractivity contribution < 1.29 is 0 Å². The molecule has 76 valence electrons. The Morgan fingerprint density at radius 2 is 2.36 bits per heavy atom. The van der Waals surface area contributed by atoms with Crippen LogP contribution in [-0.4, -0.2) is 29.6 Å². The molecule has 1 aliphatic heterocycles. The van der Waals surface area contributed by atoms with Gasteiger partial charge in [-0.15, -0.1) is 0 Å². The summed E-state index contributed by atoms with van der Waals surface area (Å²) < 4.78 is 0. The SMILES string of the molecule is CC1CN(C)c2nc(N)[nH]c(=O)c2N1. The highest BCUT2D eigenvalue weighted by Gasteiger charge is 2.22. The third kappa shape index (κ3) is 1.28. The lowest BCUT2D eigenvalue weighted by Crippen LogP contribution is -2.41. The minimum atomic E-state index is -0.217. The number of nitrogen functional groups attached to an aromatic ring is 1. The summed E-state index contributed by atoms with van der Waals surface area (Å²) in [5, 5.41) is 3.08. The molecule has 1 aromatic rings. The third-order valence-electron chi connectivity index (χ3n) is 2.22. The second-order valence-corrected chi connectivity index (χ2v) is 3.58. The van der Waals surface area contributed by atoms with Gasteiger partial charge in [-0.2, -0.15) is 4.98 Å². The molecule has 0 fully saturated rings. The van der Waals surface area contributed by atoms with Gasteiger partial charge in [-0.1, -0.05) is 0 Å². The Labute approximate surface area is 81.1 Å². The van der Waals surface area contributed by atoms with Crippen molar-refractivity contribution in [3.05, 3.63) is 10.4 Å². The van der Waals surface area contributed by atoms with Crippen molar-refractivity contribution in [2.75, 3.05) is 29.5 Å². The molecule has 0 aromatic carbocycles. The van der Waals surface area contributed by atoms with Crippen LogP contribution < -0.4 is 21.5 Å². The van der Waals surface area contributed by atoms with E-state index >= 15 is 0 Å². The molecule has 6 heteroatoms. The highest BCUT2D eigenvalue weighted by atomic mass is 16.1. The first-order chi connectivity index (χ1) is 6.58. The summed E-state index contributed by atoms with van der Waals surface area (Å²) in [7, 11) is 1.89. The molecule has 4 N–H and O–H groups in total. The number of H-pyrrole nitrogens is 1. The zero-order chi connectivity index (χ0) is 10.3. The van der Waals surface area contributed by atoms with Gasteiger partial charge in [0.1, 0.15) is 5.69 Å². The second-order valence-electron chi connectivity index (χ2n) is 3.58. The van der Waals surface area contributed by atoms with Crippen LogP contribution in [0.1, 0.15) is 6.92 Å². The van der Waals surface area contributed by atoms with Gasteiger partial charge in [0.05, 0.1) is 0 Å². The Bertz CT molecular complexity index is 413. The van der Waals surface area contributed by atoms with Crippen LogP contribution in [0.4, 0.5) is 17.5 Å². The van der Waals surface area contributed by atoms with E-state index in [0.29, 0.717) is 11.5 Å². The summed E-state index contributed by atoms with van der Waals surface area (Å²) in [6, 6.07) is 0.235. The summed E-state index contributed by atoms with van der Waals surface area (Å²) in [5.74, 6) is 0.765. The molecule has 0 saturated heterocycles. The monoisotopic (exact) mass is 195 g/mol. The summed E-state index contributed by atoms with van der Waals surface area (Å²) >= 11 is 0. The number of nitrogens with two attached hydrogens (primary N) is 1. The molecule has 0 bridgehead atoms. The molecule has 0 amide bonds. The van der Waals surface area contributed by atoms with Crippen molar-refractivity contribution >= 4 is 17.5 Å².